The maximum Gasteiger partial charge on any atom is 0.231 e. The van der Waals surface area contributed by atoms with Gasteiger partial charge in [-0.3, -0.25) is 0 Å². The molecule has 0 aliphatic carbocycles. The molecule has 164 valence electrons. The molecule has 0 aliphatic rings. The third kappa shape index (κ3) is 3.51. The van der Waals surface area contributed by atoms with Crippen molar-refractivity contribution in [3.63, 3.8) is 0 Å². The van der Waals surface area contributed by atoms with Gasteiger partial charge in [0.25, 0.3) is 0 Å². The van der Waals surface area contributed by atoms with E-state index in [9.17, 15) is 0 Å². The minimum atomic E-state index is 0.584. The van der Waals surface area contributed by atoms with Gasteiger partial charge >= 0.3 is 0 Å². The molecule has 3 nitrogen and oxygen atoms in total. The van der Waals surface area contributed by atoms with Crippen molar-refractivity contribution < 1.29 is 4.57 Å². The average Bonchev–Trinajstić information content (AvgIpc) is 2.87. The first-order valence-electron chi connectivity index (χ1n) is 11.7. The van der Waals surface area contributed by atoms with Gasteiger partial charge in [0.15, 0.2) is 12.7 Å². The molecule has 4 aromatic carbocycles. The van der Waals surface area contributed by atoms with Gasteiger partial charge in [-0.25, -0.2) is 4.98 Å². The second-order valence-corrected chi connectivity index (χ2v) is 8.89. The van der Waals surface area contributed by atoms with Crippen molar-refractivity contribution >= 4 is 44.5 Å². The molecule has 0 amide bonds. The summed E-state index contributed by atoms with van der Waals surface area (Å²) in [5, 5.41) is 7.83. The highest BCUT2D eigenvalue weighted by molar-refractivity contribution is 6.24. The number of nitrogens with zero attached hydrogens (tertiary/aromatic N) is 2. The van der Waals surface area contributed by atoms with Gasteiger partial charge in [0, 0.05) is 18.3 Å². The fourth-order valence-electron chi connectivity index (χ4n) is 4.99. The predicted octanol–water partition coefficient (Wildman–Crippen LogP) is 6.37. The molecular formula is C31H26N3+. The standard InChI is InChI=1S/C31H26N3/c1-21-12-15-33-28(18-21)29-19-22(13-16-34(29)17-14-32)8-9-25-20-26-6-2-4-23-10-11-24-5-3-7-27(25)31(24)30(23)26/h2-13,15-16,18-20H,14,17,32H2,1H3/q+1/b9-8+. The molecule has 6 aromatic rings. The maximum absolute atomic E-state index is 5.88. The summed E-state index contributed by atoms with van der Waals surface area (Å²) >= 11 is 0. The van der Waals surface area contributed by atoms with Crippen molar-refractivity contribution in [3.05, 3.63) is 108 Å². The number of aromatic nitrogens is 2. The topological polar surface area (TPSA) is 42.8 Å². The smallest absolute Gasteiger partial charge is 0.231 e. The van der Waals surface area contributed by atoms with Crippen LogP contribution < -0.4 is 10.3 Å². The van der Waals surface area contributed by atoms with Crippen LogP contribution in [0.4, 0.5) is 0 Å². The molecule has 0 spiro atoms. The Morgan fingerprint density at radius 3 is 2.44 bits per heavy atom. The van der Waals surface area contributed by atoms with Crippen LogP contribution in [0.2, 0.25) is 0 Å². The van der Waals surface area contributed by atoms with Crippen molar-refractivity contribution in [1.29, 1.82) is 0 Å². The lowest BCUT2D eigenvalue weighted by Gasteiger charge is -2.13. The molecule has 0 saturated heterocycles. The summed E-state index contributed by atoms with van der Waals surface area (Å²) in [5.74, 6) is 0. The molecule has 0 saturated carbocycles. The highest BCUT2D eigenvalue weighted by Crippen LogP contribution is 2.37. The maximum atomic E-state index is 5.88. The first-order chi connectivity index (χ1) is 16.7. The highest BCUT2D eigenvalue weighted by Gasteiger charge is 2.15. The van der Waals surface area contributed by atoms with Crippen molar-refractivity contribution in [1.82, 2.24) is 4.98 Å². The minimum Gasteiger partial charge on any atom is -0.325 e. The van der Waals surface area contributed by atoms with E-state index in [1.165, 1.54) is 43.4 Å². The van der Waals surface area contributed by atoms with E-state index in [2.05, 4.69) is 108 Å². The quantitative estimate of drug-likeness (QED) is 0.250. The number of hydrogen-bond donors (Lipinski definition) is 1. The molecule has 34 heavy (non-hydrogen) atoms. The van der Waals surface area contributed by atoms with E-state index in [4.69, 9.17) is 5.73 Å². The first kappa shape index (κ1) is 20.5. The zero-order valence-corrected chi connectivity index (χ0v) is 19.2. The van der Waals surface area contributed by atoms with Crippen LogP contribution in [0.25, 0.3) is 55.9 Å². The lowest BCUT2D eigenvalue weighted by Crippen LogP contribution is -2.39. The molecule has 0 atom stereocenters. The van der Waals surface area contributed by atoms with Crippen LogP contribution in [-0.4, -0.2) is 11.5 Å². The van der Waals surface area contributed by atoms with Crippen molar-refractivity contribution in [2.75, 3.05) is 6.54 Å². The van der Waals surface area contributed by atoms with Crippen LogP contribution >= 0.6 is 0 Å². The molecule has 2 heterocycles. The van der Waals surface area contributed by atoms with Gasteiger partial charge < -0.3 is 5.73 Å². The zero-order chi connectivity index (χ0) is 23.1. The summed E-state index contributed by atoms with van der Waals surface area (Å²) in [6.07, 6.45) is 8.41. The first-order valence-corrected chi connectivity index (χ1v) is 11.7. The third-order valence-corrected chi connectivity index (χ3v) is 6.60. The molecular weight excluding hydrogens is 414 g/mol. The lowest BCUT2D eigenvalue weighted by molar-refractivity contribution is -0.683. The fourth-order valence-corrected chi connectivity index (χ4v) is 4.99. The van der Waals surface area contributed by atoms with Gasteiger partial charge in [0.05, 0.1) is 6.54 Å². The molecule has 2 aromatic heterocycles. The number of aryl methyl sites for hydroxylation is 1. The molecule has 0 fully saturated rings. The minimum absolute atomic E-state index is 0.584. The average molecular weight is 441 g/mol. The Bertz CT molecular complexity index is 1680. The molecule has 0 bridgehead atoms. The number of benzene rings is 4. The van der Waals surface area contributed by atoms with Crippen LogP contribution in [0, 0.1) is 6.92 Å². The van der Waals surface area contributed by atoms with Crippen molar-refractivity contribution in [2.45, 2.75) is 13.5 Å². The highest BCUT2D eigenvalue weighted by atomic mass is 15.0. The van der Waals surface area contributed by atoms with Crippen LogP contribution in [0.15, 0.2) is 91.3 Å². The largest absolute Gasteiger partial charge is 0.325 e. The van der Waals surface area contributed by atoms with E-state index in [0.29, 0.717) is 6.54 Å². The van der Waals surface area contributed by atoms with E-state index in [1.54, 1.807) is 0 Å². The van der Waals surface area contributed by atoms with Crippen LogP contribution in [0.1, 0.15) is 16.7 Å². The number of pyridine rings is 2. The van der Waals surface area contributed by atoms with Crippen LogP contribution in [0.5, 0.6) is 0 Å². The Hall–Kier alpha value is -4.08. The van der Waals surface area contributed by atoms with Gasteiger partial charge in [-0.15, -0.1) is 0 Å². The Kier molecular flexibility index (Phi) is 5.05. The SMILES string of the molecule is Cc1ccnc(-c2cc(/C=C/c3cc4cccc5ccc6cccc3c6c54)cc[n+]2CCN)c1. The van der Waals surface area contributed by atoms with Gasteiger partial charge in [-0.05, 0) is 74.1 Å². The van der Waals surface area contributed by atoms with E-state index in [1.807, 2.05) is 12.3 Å². The summed E-state index contributed by atoms with van der Waals surface area (Å²) in [5.41, 5.74) is 11.5. The number of rotatable bonds is 5. The van der Waals surface area contributed by atoms with Gasteiger partial charge in [0.2, 0.25) is 5.69 Å². The Morgan fingerprint density at radius 2 is 1.62 bits per heavy atom. The third-order valence-electron chi connectivity index (χ3n) is 6.60. The Labute approximate surface area is 199 Å². The zero-order valence-electron chi connectivity index (χ0n) is 19.2. The number of nitrogens with two attached hydrogens (primary N) is 1. The summed E-state index contributed by atoms with van der Waals surface area (Å²) in [6, 6.07) is 28.4. The van der Waals surface area contributed by atoms with Gasteiger partial charge in [0.1, 0.15) is 5.69 Å². The molecule has 0 aliphatic heterocycles. The van der Waals surface area contributed by atoms with E-state index >= 15 is 0 Å². The summed E-state index contributed by atoms with van der Waals surface area (Å²) < 4.78 is 2.18. The summed E-state index contributed by atoms with van der Waals surface area (Å²) in [4.78, 5) is 4.62. The van der Waals surface area contributed by atoms with Crippen LogP contribution in [0.3, 0.4) is 0 Å². The Balaban J connectivity index is 1.49. The monoisotopic (exact) mass is 440 g/mol. The molecule has 6 rings (SSSR count). The molecule has 0 unspecified atom stereocenters. The van der Waals surface area contributed by atoms with Gasteiger partial charge in [-0.2, -0.15) is 4.57 Å². The molecule has 2 N–H and O–H groups in total. The molecule has 3 heteroatoms. The van der Waals surface area contributed by atoms with E-state index in [0.717, 1.165) is 23.5 Å². The summed E-state index contributed by atoms with van der Waals surface area (Å²) in [6.45, 7) is 3.43. The normalized spacial score (nSPS) is 11.9. The molecule has 0 radical (unpaired) electrons. The van der Waals surface area contributed by atoms with E-state index in [-0.39, 0.29) is 0 Å². The van der Waals surface area contributed by atoms with Crippen LogP contribution in [-0.2, 0) is 6.54 Å². The number of hydrogen-bond acceptors (Lipinski definition) is 2. The predicted molar refractivity (Wildman–Crippen MR) is 143 cm³/mol. The van der Waals surface area contributed by atoms with Crippen molar-refractivity contribution in [2.24, 2.45) is 5.73 Å². The second kappa shape index (κ2) is 8.36. The summed E-state index contributed by atoms with van der Waals surface area (Å²) in [7, 11) is 0. The lowest BCUT2D eigenvalue weighted by atomic mass is 9.91. The Morgan fingerprint density at radius 1 is 0.824 bits per heavy atom. The van der Waals surface area contributed by atoms with E-state index < -0.39 is 0 Å². The van der Waals surface area contributed by atoms with Gasteiger partial charge in [-0.1, -0.05) is 60.7 Å². The van der Waals surface area contributed by atoms with Crippen molar-refractivity contribution in [3.8, 4) is 11.4 Å². The fraction of sp³-hybridized carbons (Fsp3) is 0.0968. The second-order valence-electron chi connectivity index (χ2n) is 8.89.